The second kappa shape index (κ2) is 7.04. The molecule has 3 N–H and O–H groups in total. The number of carbonyl (C=O) groups is 1. The van der Waals surface area contributed by atoms with Crippen LogP contribution >= 0.6 is 0 Å². The highest BCUT2D eigenvalue weighted by Gasteiger charge is 2.29. The van der Waals surface area contributed by atoms with Crippen LogP contribution < -0.4 is 5.32 Å². The van der Waals surface area contributed by atoms with Crippen LogP contribution in [0.2, 0.25) is 0 Å². The van der Waals surface area contributed by atoms with Crippen LogP contribution in [0.4, 0.5) is 0 Å². The molecule has 5 heteroatoms. The number of nitrogens with one attached hydrogen (secondary N) is 2. The SMILES string of the molecule is C[C@@](O)(CCc1ccccc1)C(=O)NCCc1ncc[nH]1. The molecule has 1 atom stereocenters. The summed E-state index contributed by atoms with van der Waals surface area (Å²) in [6, 6.07) is 9.83. The molecule has 21 heavy (non-hydrogen) atoms. The largest absolute Gasteiger partial charge is 0.380 e. The zero-order valence-corrected chi connectivity index (χ0v) is 12.2. The summed E-state index contributed by atoms with van der Waals surface area (Å²) in [5.41, 5.74) is -0.250. The number of amides is 1. The number of aromatic amines is 1. The fraction of sp³-hybridized carbons (Fsp3) is 0.375. The Morgan fingerprint density at radius 3 is 2.76 bits per heavy atom. The first-order valence-electron chi connectivity index (χ1n) is 7.11. The summed E-state index contributed by atoms with van der Waals surface area (Å²) in [5.74, 6) is 0.476. The summed E-state index contributed by atoms with van der Waals surface area (Å²) in [7, 11) is 0. The molecule has 1 aromatic heterocycles. The first kappa shape index (κ1) is 15.3. The average molecular weight is 287 g/mol. The average Bonchev–Trinajstić information content (AvgIpc) is 2.99. The van der Waals surface area contributed by atoms with Crippen LogP contribution in [0, 0.1) is 0 Å². The van der Waals surface area contributed by atoms with E-state index in [0.717, 1.165) is 11.4 Å². The van der Waals surface area contributed by atoms with Gasteiger partial charge in [-0.1, -0.05) is 30.3 Å². The predicted molar refractivity (Wildman–Crippen MR) is 80.7 cm³/mol. The van der Waals surface area contributed by atoms with Gasteiger partial charge in [0.1, 0.15) is 11.4 Å². The van der Waals surface area contributed by atoms with Gasteiger partial charge in [-0.3, -0.25) is 4.79 Å². The summed E-state index contributed by atoms with van der Waals surface area (Å²) in [5, 5.41) is 13.0. The molecule has 2 aromatic rings. The number of imidazole rings is 1. The molecule has 112 valence electrons. The predicted octanol–water partition coefficient (Wildman–Crippen LogP) is 1.45. The van der Waals surface area contributed by atoms with Crippen molar-refractivity contribution < 1.29 is 9.90 Å². The van der Waals surface area contributed by atoms with Gasteiger partial charge < -0.3 is 15.4 Å². The van der Waals surface area contributed by atoms with Crippen molar-refractivity contribution in [3.8, 4) is 0 Å². The third kappa shape index (κ3) is 4.72. The molecule has 0 radical (unpaired) electrons. The number of aryl methyl sites for hydroxylation is 1. The summed E-state index contributed by atoms with van der Waals surface area (Å²) >= 11 is 0. The minimum absolute atomic E-state index is 0.343. The number of aromatic nitrogens is 2. The number of hydrogen-bond donors (Lipinski definition) is 3. The Balaban J connectivity index is 1.76. The molecule has 0 aliphatic carbocycles. The number of aliphatic hydroxyl groups is 1. The summed E-state index contributed by atoms with van der Waals surface area (Å²) in [6.07, 6.45) is 5.09. The van der Waals surface area contributed by atoms with Gasteiger partial charge in [0.2, 0.25) is 0 Å². The molecule has 0 aliphatic rings. The van der Waals surface area contributed by atoms with Crippen molar-refractivity contribution in [2.75, 3.05) is 6.54 Å². The zero-order valence-electron chi connectivity index (χ0n) is 12.2. The normalized spacial score (nSPS) is 13.6. The smallest absolute Gasteiger partial charge is 0.251 e. The van der Waals surface area contributed by atoms with E-state index in [1.807, 2.05) is 30.3 Å². The highest BCUT2D eigenvalue weighted by atomic mass is 16.3. The van der Waals surface area contributed by atoms with Crippen molar-refractivity contribution in [1.29, 1.82) is 0 Å². The van der Waals surface area contributed by atoms with Crippen LogP contribution in [0.3, 0.4) is 0 Å². The number of benzene rings is 1. The molecule has 1 amide bonds. The fourth-order valence-corrected chi connectivity index (χ4v) is 2.07. The molecule has 0 unspecified atom stereocenters. The maximum absolute atomic E-state index is 12.0. The monoisotopic (exact) mass is 287 g/mol. The lowest BCUT2D eigenvalue weighted by Crippen LogP contribution is -2.45. The quantitative estimate of drug-likeness (QED) is 0.721. The third-order valence-electron chi connectivity index (χ3n) is 3.43. The van der Waals surface area contributed by atoms with E-state index in [1.54, 1.807) is 19.3 Å². The standard InChI is InChI=1S/C16H21N3O2/c1-16(21,9-7-13-5-3-2-4-6-13)15(20)19-10-8-14-17-11-12-18-14/h2-6,11-12,21H,7-10H2,1H3,(H,17,18)(H,19,20)/t16-/m1/s1. The summed E-state index contributed by atoms with van der Waals surface area (Å²) in [4.78, 5) is 19.1. The lowest BCUT2D eigenvalue weighted by atomic mass is 9.96. The van der Waals surface area contributed by atoms with E-state index in [0.29, 0.717) is 25.8 Å². The number of nitrogens with zero attached hydrogens (tertiary/aromatic N) is 1. The molecule has 0 spiro atoms. The summed E-state index contributed by atoms with van der Waals surface area (Å²) in [6.45, 7) is 2.01. The van der Waals surface area contributed by atoms with Crippen molar-refractivity contribution >= 4 is 5.91 Å². The highest BCUT2D eigenvalue weighted by molar-refractivity contribution is 5.84. The van der Waals surface area contributed by atoms with Crippen molar-refractivity contribution in [1.82, 2.24) is 15.3 Å². The molecule has 5 nitrogen and oxygen atoms in total. The Morgan fingerprint density at radius 1 is 1.33 bits per heavy atom. The van der Waals surface area contributed by atoms with Crippen molar-refractivity contribution in [2.45, 2.75) is 31.8 Å². The summed E-state index contributed by atoms with van der Waals surface area (Å²) < 4.78 is 0. The van der Waals surface area contributed by atoms with E-state index in [2.05, 4.69) is 15.3 Å². The van der Waals surface area contributed by atoms with E-state index in [4.69, 9.17) is 0 Å². The topological polar surface area (TPSA) is 78.0 Å². The van der Waals surface area contributed by atoms with Crippen molar-refractivity contribution in [3.05, 3.63) is 54.1 Å². The Bertz CT molecular complexity index is 550. The van der Waals surface area contributed by atoms with Crippen LogP contribution in [-0.2, 0) is 17.6 Å². The second-order valence-electron chi connectivity index (χ2n) is 5.30. The van der Waals surface area contributed by atoms with Crippen molar-refractivity contribution in [2.24, 2.45) is 0 Å². The van der Waals surface area contributed by atoms with Gasteiger partial charge in [-0.15, -0.1) is 0 Å². The lowest BCUT2D eigenvalue weighted by Gasteiger charge is -2.22. The first-order chi connectivity index (χ1) is 10.1. The van der Waals surface area contributed by atoms with Gasteiger partial charge in [-0.05, 0) is 25.3 Å². The Labute approximate surface area is 124 Å². The van der Waals surface area contributed by atoms with Gasteiger partial charge >= 0.3 is 0 Å². The van der Waals surface area contributed by atoms with E-state index in [-0.39, 0.29) is 5.91 Å². The molecular formula is C16H21N3O2. The van der Waals surface area contributed by atoms with Gasteiger partial charge in [0, 0.05) is 25.4 Å². The highest BCUT2D eigenvalue weighted by Crippen LogP contribution is 2.14. The Morgan fingerprint density at radius 2 is 2.10 bits per heavy atom. The van der Waals surface area contributed by atoms with Crippen LogP contribution in [0.1, 0.15) is 24.7 Å². The second-order valence-corrected chi connectivity index (χ2v) is 5.30. The maximum atomic E-state index is 12.0. The van der Waals surface area contributed by atoms with Crippen LogP contribution in [0.15, 0.2) is 42.7 Å². The zero-order chi connectivity index (χ0) is 15.1. The molecule has 0 saturated heterocycles. The number of H-pyrrole nitrogens is 1. The van der Waals surface area contributed by atoms with E-state index < -0.39 is 5.60 Å². The molecule has 0 aliphatic heterocycles. The molecular weight excluding hydrogens is 266 g/mol. The van der Waals surface area contributed by atoms with Gasteiger partial charge in [0.25, 0.3) is 5.91 Å². The van der Waals surface area contributed by atoms with Crippen LogP contribution in [-0.4, -0.2) is 33.1 Å². The van der Waals surface area contributed by atoms with Gasteiger partial charge in [0.15, 0.2) is 0 Å². The maximum Gasteiger partial charge on any atom is 0.251 e. The van der Waals surface area contributed by atoms with Crippen molar-refractivity contribution in [3.63, 3.8) is 0 Å². The minimum atomic E-state index is -1.36. The van der Waals surface area contributed by atoms with Gasteiger partial charge in [0.05, 0.1) is 0 Å². The van der Waals surface area contributed by atoms with Crippen LogP contribution in [0.25, 0.3) is 0 Å². The Kier molecular flexibility index (Phi) is 5.11. The van der Waals surface area contributed by atoms with E-state index in [1.165, 1.54) is 0 Å². The first-order valence-corrected chi connectivity index (χ1v) is 7.11. The lowest BCUT2D eigenvalue weighted by molar-refractivity contribution is -0.138. The number of rotatable bonds is 7. The minimum Gasteiger partial charge on any atom is -0.380 e. The number of carbonyl (C=O) groups excluding carboxylic acids is 1. The fourth-order valence-electron chi connectivity index (χ4n) is 2.07. The third-order valence-corrected chi connectivity index (χ3v) is 3.43. The molecule has 1 aromatic carbocycles. The number of hydrogen-bond acceptors (Lipinski definition) is 3. The van der Waals surface area contributed by atoms with Gasteiger partial charge in [-0.25, -0.2) is 4.98 Å². The molecule has 0 saturated carbocycles. The molecule has 0 fully saturated rings. The molecule has 2 rings (SSSR count). The molecule has 0 bridgehead atoms. The molecule has 1 heterocycles. The van der Waals surface area contributed by atoms with Crippen LogP contribution in [0.5, 0.6) is 0 Å². The Hall–Kier alpha value is -2.14. The van der Waals surface area contributed by atoms with E-state index in [9.17, 15) is 9.90 Å². The van der Waals surface area contributed by atoms with E-state index >= 15 is 0 Å². The van der Waals surface area contributed by atoms with Gasteiger partial charge in [-0.2, -0.15) is 0 Å².